The standard InChI is InChI=1S/C13H18N2O4/c1-13(2,3)19-12(17)15-10-6-5-9(7-11(10)16)14-8-18-4/h5-8,16H,1-4H3,(H,15,17). The van der Waals surface area contributed by atoms with Gasteiger partial charge in [0.25, 0.3) is 0 Å². The second-order valence-corrected chi connectivity index (χ2v) is 4.80. The summed E-state index contributed by atoms with van der Waals surface area (Å²) >= 11 is 0. The Morgan fingerprint density at radius 1 is 1.42 bits per heavy atom. The van der Waals surface area contributed by atoms with Crippen molar-refractivity contribution in [1.29, 1.82) is 0 Å². The van der Waals surface area contributed by atoms with Gasteiger partial charge in [-0.2, -0.15) is 0 Å². The second kappa shape index (κ2) is 6.08. The average molecular weight is 266 g/mol. The summed E-state index contributed by atoms with van der Waals surface area (Å²) in [6.45, 7) is 5.28. The van der Waals surface area contributed by atoms with Crippen LogP contribution in [0.2, 0.25) is 0 Å². The van der Waals surface area contributed by atoms with Gasteiger partial charge in [0.2, 0.25) is 0 Å². The molecule has 0 atom stereocenters. The van der Waals surface area contributed by atoms with Gasteiger partial charge in [-0.15, -0.1) is 0 Å². The Morgan fingerprint density at radius 3 is 2.63 bits per heavy atom. The molecule has 0 fully saturated rings. The van der Waals surface area contributed by atoms with Gasteiger partial charge in [0.05, 0.1) is 18.5 Å². The third-order valence-corrected chi connectivity index (χ3v) is 1.92. The van der Waals surface area contributed by atoms with Crippen molar-refractivity contribution >= 4 is 23.9 Å². The Bertz CT molecular complexity index is 478. The summed E-state index contributed by atoms with van der Waals surface area (Å²) < 4.78 is 9.75. The van der Waals surface area contributed by atoms with Crippen molar-refractivity contribution in [2.75, 3.05) is 12.4 Å². The van der Waals surface area contributed by atoms with Crippen molar-refractivity contribution in [3.63, 3.8) is 0 Å². The van der Waals surface area contributed by atoms with Crippen LogP contribution >= 0.6 is 0 Å². The van der Waals surface area contributed by atoms with Crippen molar-refractivity contribution in [3.05, 3.63) is 18.2 Å². The van der Waals surface area contributed by atoms with Crippen LogP contribution in [0.15, 0.2) is 23.2 Å². The molecule has 19 heavy (non-hydrogen) atoms. The number of anilines is 1. The molecule has 2 N–H and O–H groups in total. The minimum atomic E-state index is -0.629. The van der Waals surface area contributed by atoms with E-state index in [2.05, 4.69) is 15.0 Å². The van der Waals surface area contributed by atoms with Gasteiger partial charge in [-0.1, -0.05) is 0 Å². The van der Waals surface area contributed by atoms with Crippen LogP contribution in [0.4, 0.5) is 16.2 Å². The van der Waals surface area contributed by atoms with Gasteiger partial charge in [0.15, 0.2) is 6.40 Å². The lowest BCUT2D eigenvalue weighted by atomic mass is 10.2. The fourth-order valence-electron chi connectivity index (χ4n) is 1.23. The zero-order chi connectivity index (χ0) is 14.5. The minimum Gasteiger partial charge on any atom is -0.506 e. The van der Waals surface area contributed by atoms with E-state index in [9.17, 15) is 9.90 Å². The number of aliphatic imine (C=N–C) groups is 1. The van der Waals surface area contributed by atoms with Gasteiger partial charge >= 0.3 is 6.09 Å². The number of methoxy groups -OCH3 is 1. The van der Waals surface area contributed by atoms with Gasteiger partial charge in [0, 0.05) is 6.07 Å². The number of benzene rings is 1. The largest absolute Gasteiger partial charge is 0.506 e. The Hall–Kier alpha value is -2.24. The molecule has 104 valence electrons. The number of carbonyl (C=O) groups is 1. The summed E-state index contributed by atoms with van der Waals surface area (Å²) in [7, 11) is 1.47. The lowest BCUT2D eigenvalue weighted by molar-refractivity contribution is 0.0635. The van der Waals surface area contributed by atoms with Crippen molar-refractivity contribution in [2.45, 2.75) is 26.4 Å². The zero-order valence-corrected chi connectivity index (χ0v) is 11.4. The predicted octanol–water partition coefficient (Wildman–Crippen LogP) is 3.05. The number of aromatic hydroxyl groups is 1. The van der Waals surface area contributed by atoms with Gasteiger partial charge in [-0.05, 0) is 32.9 Å². The van der Waals surface area contributed by atoms with Gasteiger partial charge in [-0.3, -0.25) is 5.32 Å². The SMILES string of the molecule is COC=Nc1ccc(NC(=O)OC(C)(C)C)c(O)c1. The lowest BCUT2D eigenvalue weighted by Gasteiger charge is -2.19. The first-order valence-corrected chi connectivity index (χ1v) is 5.70. The molecular formula is C13H18N2O4. The minimum absolute atomic E-state index is 0.100. The zero-order valence-electron chi connectivity index (χ0n) is 11.4. The summed E-state index contributed by atoms with van der Waals surface area (Å²) in [5.74, 6) is -0.100. The lowest BCUT2D eigenvalue weighted by Crippen LogP contribution is -2.27. The highest BCUT2D eigenvalue weighted by Crippen LogP contribution is 2.28. The van der Waals surface area contributed by atoms with E-state index in [-0.39, 0.29) is 11.4 Å². The van der Waals surface area contributed by atoms with Crippen molar-refractivity contribution < 1.29 is 19.4 Å². The summed E-state index contributed by atoms with van der Waals surface area (Å²) in [4.78, 5) is 15.5. The number of hydrogen-bond acceptors (Lipinski definition) is 5. The molecule has 0 aliphatic rings. The van der Waals surface area contributed by atoms with Crippen molar-refractivity contribution in [3.8, 4) is 5.75 Å². The Labute approximate surface area is 112 Å². The maximum atomic E-state index is 11.5. The molecule has 0 aromatic heterocycles. The molecule has 0 spiro atoms. The Kier molecular flexibility index (Phi) is 4.74. The molecule has 1 rings (SSSR count). The van der Waals surface area contributed by atoms with Gasteiger partial charge in [0.1, 0.15) is 11.4 Å². The molecule has 0 unspecified atom stereocenters. The molecular weight excluding hydrogens is 248 g/mol. The molecule has 0 bridgehead atoms. The highest BCUT2D eigenvalue weighted by molar-refractivity contribution is 5.87. The quantitative estimate of drug-likeness (QED) is 0.500. The van der Waals surface area contributed by atoms with E-state index in [4.69, 9.17) is 4.74 Å². The van der Waals surface area contributed by atoms with Crippen LogP contribution in [-0.4, -0.2) is 30.3 Å². The van der Waals surface area contributed by atoms with Crippen LogP contribution in [0.3, 0.4) is 0 Å². The monoisotopic (exact) mass is 266 g/mol. The Morgan fingerprint density at radius 2 is 2.11 bits per heavy atom. The number of rotatable bonds is 3. The van der Waals surface area contributed by atoms with Gasteiger partial charge < -0.3 is 14.6 Å². The van der Waals surface area contributed by atoms with E-state index in [0.29, 0.717) is 5.69 Å². The van der Waals surface area contributed by atoms with Crippen molar-refractivity contribution in [2.24, 2.45) is 4.99 Å². The molecule has 0 aliphatic heterocycles. The number of nitrogens with one attached hydrogen (secondary N) is 1. The molecule has 0 saturated heterocycles. The summed E-state index contributed by atoms with van der Waals surface area (Å²) in [5, 5.41) is 12.2. The first kappa shape index (κ1) is 14.8. The molecule has 0 aliphatic carbocycles. The van der Waals surface area contributed by atoms with E-state index >= 15 is 0 Å². The predicted molar refractivity (Wildman–Crippen MR) is 73.1 cm³/mol. The topological polar surface area (TPSA) is 80.2 Å². The number of nitrogens with zero attached hydrogens (tertiary/aromatic N) is 1. The number of carbonyl (C=O) groups excluding carboxylic acids is 1. The maximum absolute atomic E-state index is 11.5. The first-order chi connectivity index (χ1) is 8.81. The van der Waals surface area contributed by atoms with Crippen LogP contribution < -0.4 is 5.32 Å². The molecule has 1 aromatic rings. The van der Waals surface area contributed by atoms with Crippen LogP contribution in [0.1, 0.15) is 20.8 Å². The Balaban J connectivity index is 2.75. The van der Waals surface area contributed by atoms with E-state index < -0.39 is 11.7 Å². The maximum Gasteiger partial charge on any atom is 0.412 e. The fraction of sp³-hybridized carbons (Fsp3) is 0.385. The van der Waals surface area contributed by atoms with Crippen molar-refractivity contribution in [1.82, 2.24) is 0 Å². The highest BCUT2D eigenvalue weighted by Gasteiger charge is 2.17. The first-order valence-electron chi connectivity index (χ1n) is 5.70. The number of phenolic OH excluding ortho intramolecular Hbond substituents is 1. The molecule has 0 saturated carbocycles. The van der Waals surface area contributed by atoms with E-state index in [0.717, 1.165) is 0 Å². The molecule has 0 heterocycles. The molecule has 6 nitrogen and oxygen atoms in total. The normalized spacial score (nSPS) is 11.4. The summed E-state index contributed by atoms with van der Waals surface area (Å²) in [6.07, 6.45) is 0.617. The highest BCUT2D eigenvalue weighted by atomic mass is 16.6. The fourth-order valence-corrected chi connectivity index (χ4v) is 1.23. The van der Waals surface area contributed by atoms with E-state index in [1.54, 1.807) is 26.8 Å². The molecule has 1 amide bonds. The van der Waals surface area contributed by atoms with Gasteiger partial charge in [-0.25, -0.2) is 9.79 Å². The number of phenols is 1. The average Bonchev–Trinajstić information content (AvgIpc) is 2.27. The third kappa shape index (κ3) is 5.29. The van der Waals surface area contributed by atoms with Crippen LogP contribution in [0.25, 0.3) is 0 Å². The summed E-state index contributed by atoms with van der Waals surface area (Å²) in [5.41, 5.74) is 0.169. The smallest absolute Gasteiger partial charge is 0.412 e. The number of hydrogen-bond donors (Lipinski definition) is 2. The second-order valence-electron chi connectivity index (χ2n) is 4.80. The number of amides is 1. The molecule has 1 aromatic carbocycles. The van der Waals surface area contributed by atoms with E-state index in [1.165, 1.54) is 25.6 Å². The van der Waals surface area contributed by atoms with E-state index in [1.807, 2.05) is 0 Å². The van der Waals surface area contributed by atoms with Crippen LogP contribution in [0.5, 0.6) is 5.75 Å². The molecule has 0 radical (unpaired) electrons. The van der Waals surface area contributed by atoms with Crippen LogP contribution in [-0.2, 0) is 9.47 Å². The summed E-state index contributed by atoms with van der Waals surface area (Å²) in [6, 6.07) is 4.56. The molecule has 6 heteroatoms. The van der Waals surface area contributed by atoms with Crippen LogP contribution in [0, 0.1) is 0 Å². The number of ether oxygens (including phenoxy) is 2. The third-order valence-electron chi connectivity index (χ3n) is 1.92.